The van der Waals surface area contributed by atoms with E-state index >= 15 is 0 Å². The first-order valence-electron chi connectivity index (χ1n) is 6.18. The van der Waals surface area contributed by atoms with Crippen LogP contribution in [-0.2, 0) is 24.2 Å². The molecule has 0 atom stereocenters. The Morgan fingerprint density at radius 2 is 1.88 bits per heavy atom. The summed E-state index contributed by atoms with van der Waals surface area (Å²) < 4.78 is 0. The molecule has 0 aliphatic heterocycles. The van der Waals surface area contributed by atoms with Gasteiger partial charge in [-0.2, -0.15) is 0 Å². The lowest BCUT2D eigenvalue weighted by atomic mass is 9.90. The molecule has 2 nitrogen and oxygen atoms in total. The number of aryl methyl sites for hydroxylation is 2. The fourth-order valence-corrected chi connectivity index (χ4v) is 2.06. The molecule has 0 heterocycles. The maximum Gasteiger partial charge on any atom is 0.207 e. The van der Waals surface area contributed by atoms with Gasteiger partial charge in [0.05, 0.1) is 0 Å². The third-order valence-corrected chi connectivity index (χ3v) is 2.80. The van der Waals surface area contributed by atoms with Gasteiger partial charge in [0.1, 0.15) is 0 Å². The van der Waals surface area contributed by atoms with Crippen LogP contribution in [0.4, 0.5) is 0 Å². The lowest BCUT2D eigenvalue weighted by Gasteiger charge is -2.16. The first-order valence-corrected chi connectivity index (χ1v) is 6.18. The summed E-state index contributed by atoms with van der Waals surface area (Å²) in [6.07, 6.45) is 5.79. The Morgan fingerprint density at radius 3 is 2.56 bits per heavy atom. The van der Waals surface area contributed by atoms with Gasteiger partial charge in [0.15, 0.2) is 0 Å². The van der Waals surface area contributed by atoms with Crippen LogP contribution in [-0.4, -0.2) is 6.41 Å². The van der Waals surface area contributed by atoms with Crippen molar-refractivity contribution in [3.8, 4) is 0 Å². The zero-order valence-corrected chi connectivity index (χ0v) is 10.3. The minimum absolute atomic E-state index is 0.650. The smallest absolute Gasteiger partial charge is 0.207 e. The van der Waals surface area contributed by atoms with Gasteiger partial charge in [-0.05, 0) is 42.4 Å². The largest absolute Gasteiger partial charge is 0.355 e. The zero-order valence-electron chi connectivity index (χ0n) is 10.3. The molecule has 0 bridgehead atoms. The van der Waals surface area contributed by atoms with E-state index < -0.39 is 0 Å². The van der Waals surface area contributed by atoms with E-state index in [1.54, 1.807) is 0 Å². The number of carbonyl (C=O) groups excluding carboxylic acids is 1. The average Bonchev–Trinajstić information content (AvgIpc) is 2.38. The summed E-state index contributed by atoms with van der Waals surface area (Å²) in [5, 5.41) is 2.69. The number of fused-ring (bicyclic) bond motifs is 1. The average molecular weight is 219 g/mol. The third kappa shape index (κ3) is 3.37. The number of carbonyl (C=O) groups is 1. The quantitative estimate of drug-likeness (QED) is 0.778. The van der Waals surface area contributed by atoms with E-state index in [1.165, 1.54) is 42.4 Å². The Bertz CT molecular complexity index is 334. The van der Waals surface area contributed by atoms with Gasteiger partial charge >= 0.3 is 0 Å². The summed E-state index contributed by atoms with van der Waals surface area (Å²) in [5.41, 5.74) is 4.17. The molecule has 1 amide bonds. The third-order valence-electron chi connectivity index (χ3n) is 2.80. The van der Waals surface area contributed by atoms with Crippen LogP contribution in [0, 0.1) is 0 Å². The fourth-order valence-electron chi connectivity index (χ4n) is 2.06. The second-order valence-electron chi connectivity index (χ2n) is 3.81. The van der Waals surface area contributed by atoms with E-state index in [2.05, 4.69) is 23.5 Å². The van der Waals surface area contributed by atoms with Crippen molar-refractivity contribution >= 4 is 6.41 Å². The maximum absolute atomic E-state index is 10.2. The second kappa shape index (κ2) is 7.04. The fraction of sp³-hybridized carbons (Fsp3) is 0.500. The highest BCUT2D eigenvalue weighted by atomic mass is 16.1. The Morgan fingerprint density at radius 1 is 1.19 bits per heavy atom. The standard InChI is InChI=1S/C12H15NO.C2H6/c14-9-13-8-10-5-6-11-3-1-2-4-12(11)7-10;1-2/h5-7,9H,1-4,8H2,(H,13,14);1-2H3. The molecule has 0 unspecified atom stereocenters. The number of nitrogens with one attached hydrogen (secondary N) is 1. The molecule has 16 heavy (non-hydrogen) atoms. The molecule has 0 aromatic heterocycles. The molecule has 0 saturated carbocycles. The van der Waals surface area contributed by atoms with E-state index in [-0.39, 0.29) is 0 Å². The van der Waals surface area contributed by atoms with Crippen LogP contribution in [0.3, 0.4) is 0 Å². The summed E-state index contributed by atoms with van der Waals surface area (Å²) in [7, 11) is 0. The molecular weight excluding hydrogens is 198 g/mol. The van der Waals surface area contributed by atoms with Crippen molar-refractivity contribution < 1.29 is 4.79 Å². The van der Waals surface area contributed by atoms with E-state index in [4.69, 9.17) is 0 Å². The lowest BCUT2D eigenvalue weighted by molar-refractivity contribution is -0.109. The number of amides is 1. The Hall–Kier alpha value is -1.31. The van der Waals surface area contributed by atoms with Crippen LogP contribution >= 0.6 is 0 Å². The summed E-state index contributed by atoms with van der Waals surface area (Å²) >= 11 is 0. The van der Waals surface area contributed by atoms with Crippen molar-refractivity contribution in [2.45, 2.75) is 46.1 Å². The van der Waals surface area contributed by atoms with Crippen LogP contribution < -0.4 is 5.32 Å². The van der Waals surface area contributed by atoms with E-state index in [0.29, 0.717) is 6.54 Å². The highest BCUT2D eigenvalue weighted by Gasteiger charge is 2.08. The van der Waals surface area contributed by atoms with Crippen molar-refractivity contribution in [2.75, 3.05) is 0 Å². The summed E-state index contributed by atoms with van der Waals surface area (Å²) in [5.74, 6) is 0. The molecule has 2 rings (SSSR count). The molecular formula is C14H21NO. The molecule has 1 N–H and O–H groups in total. The molecule has 88 valence electrons. The van der Waals surface area contributed by atoms with Gasteiger partial charge in [-0.1, -0.05) is 32.0 Å². The number of hydrogen-bond acceptors (Lipinski definition) is 1. The highest BCUT2D eigenvalue weighted by Crippen LogP contribution is 2.21. The Balaban J connectivity index is 0.000000606. The van der Waals surface area contributed by atoms with Crippen molar-refractivity contribution in [1.82, 2.24) is 5.32 Å². The molecule has 1 aliphatic rings. The van der Waals surface area contributed by atoms with Crippen LogP contribution in [0.15, 0.2) is 18.2 Å². The first kappa shape index (κ1) is 12.8. The van der Waals surface area contributed by atoms with Crippen LogP contribution in [0.25, 0.3) is 0 Å². The summed E-state index contributed by atoms with van der Waals surface area (Å²) in [6, 6.07) is 6.54. The van der Waals surface area contributed by atoms with Crippen molar-refractivity contribution in [1.29, 1.82) is 0 Å². The number of hydrogen-bond donors (Lipinski definition) is 1. The van der Waals surface area contributed by atoms with Crippen LogP contribution in [0.1, 0.15) is 43.4 Å². The second-order valence-corrected chi connectivity index (χ2v) is 3.81. The Kier molecular flexibility index (Phi) is 5.62. The molecule has 0 saturated heterocycles. The molecule has 2 heteroatoms. The van der Waals surface area contributed by atoms with E-state index in [1.807, 2.05) is 13.8 Å². The van der Waals surface area contributed by atoms with E-state index in [0.717, 1.165) is 6.41 Å². The van der Waals surface area contributed by atoms with Gasteiger partial charge in [-0.15, -0.1) is 0 Å². The lowest BCUT2D eigenvalue weighted by Crippen LogP contribution is -2.11. The van der Waals surface area contributed by atoms with Gasteiger partial charge in [0.25, 0.3) is 0 Å². The minimum Gasteiger partial charge on any atom is -0.355 e. The van der Waals surface area contributed by atoms with Gasteiger partial charge in [-0.3, -0.25) is 4.79 Å². The molecule has 0 fully saturated rings. The van der Waals surface area contributed by atoms with Gasteiger partial charge in [-0.25, -0.2) is 0 Å². The molecule has 0 radical (unpaired) electrons. The Labute approximate surface area is 98.1 Å². The van der Waals surface area contributed by atoms with Crippen molar-refractivity contribution in [3.63, 3.8) is 0 Å². The van der Waals surface area contributed by atoms with E-state index in [9.17, 15) is 4.79 Å². The predicted octanol–water partition coefficient (Wildman–Crippen LogP) is 2.84. The van der Waals surface area contributed by atoms with Gasteiger partial charge < -0.3 is 5.32 Å². The zero-order chi connectivity index (χ0) is 11.8. The number of benzene rings is 1. The first-order chi connectivity index (χ1) is 7.90. The normalized spacial score (nSPS) is 13.1. The van der Waals surface area contributed by atoms with Crippen LogP contribution in [0.5, 0.6) is 0 Å². The molecule has 1 aromatic rings. The summed E-state index contributed by atoms with van der Waals surface area (Å²) in [4.78, 5) is 10.2. The molecule has 1 aliphatic carbocycles. The van der Waals surface area contributed by atoms with Crippen LogP contribution in [0.2, 0.25) is 0 Å². The molecule has 1 aromatic carbocycles. The topological polar surface area (TPSA) is 29.1 Å². The predicted molar refractivity (Wildman–Crippen MR) is 67.3 cm³/mol. The summed E-state index contributed by atoms with van der Waals surface area (Å²) in [6.45, 7) is 4.65. The van der Waals surface area contributed by atoms with Gasteiger partial charge in [0.2, 0.25) is 6.41 Å². The molecule has 0 spiro atoms. The van der Waals surface area contributed by atoms with Crippen molar-refractivity contribution in [3.05, 3.63) is 34.9 Å². The van der Waals surface area contributed by atoms with Gasteiger partial charge in [0, 0.05) is 6.54 Å². The highest BCUT2D eigenvalue weighted by molar-refractivity contribution is 5.46. The monoisotopic (exact) mass is 219 g/mol. The number of rotatable bonds is 3. The SMILES string of the molecule is CC.O=CNCc1ccc2c(c1)CCCC2. The minimum atomic E-state index is 0.650. The maximum atomic E-state index is 10.2. The van der Waals surface area contributed by atoms with Crippen molar-refractivity contribution in [2.24, 2.45) is 0 Å².